The van der Waals surface area contributed by atoms with Crippen molar-refractivity contribution < 1.29 is 14.3 Å². The highest BCUT2D eigenvalue weighted by Gasteiger charge is 2.20. The number of amides is 2. The van der Waals surface area contributed by atoms with Crippen molar-refractivity contribution in [2.24, 2.45) is 0 Å². The zero-order valence-electron chi connectivity index (χ0n) is 15.5. The number of nitrogens with zero attached hydrogens (tertiary/aromatic N) is 1. The molecule has 2 N–H and O–H groups in total. The predicted molar refractivity (Wildman–Crippen MR) is 102 cm³/mol. The van der Waals surface area contributed by atoms with Crippen LogP contribution in [0.1, 0.15) is 48.5 Å². The highest BCUT2D eigenvalue weighted by Crippen LogP contribution is 2.24. The number of carbonyl (C=O) groups is 2. The van der Waals surface area contributed by atoms with Gasteiger partial charge in [-0.25, -0.2) is 4.98 Å². The molecule has 0 bridgehead atoms. The SMILES string of the molecule is C[C@H](NC(=O)c1ccccc1)C(=O)NCc1cccnc1OC1CCCC1. The first-order valence-corrected chi connectivity index (χ1v) is 9.37. The highest BCUT2D eigenvalue weighted by atomic mass is 16.5. The fraction of sp³-hybridized carbons (Fsp3) is 0.381. The summed E-state index contributed by atoms with van der Waals surface area (Å²) in [5.74, 6) is 0.0468. The molecule has 2 amide bonds. The van der Waals surface area contributed by atoms with Crippen LogP contribution < -0.4 is 15.4 Å². The molecule has 1 aliphatic carbocycles. The van der Waals surface area contributed by atoms with Gasteiger partial charge >= 0.3 is 0 Å². The van der Waals surface area contributed by atoms with Gasteiger partial charge in [-0.2, -0.15) is 0 Å². The molecule has 1 aromatic heterocycles. The van der Waals surface area contributed by atoms with Crippen molar-refractivity contribution in [3.05, 3.63) is 59.8 Å². The number of ether oxygens (including phenoxy) is 1. The number of carbonyl (C=O) groups excluding carboxylic acids is 2. The van der Waals surface area contributed by atoms with Crippen LogP contribution in [0.25, 0.3) is 0 Å². The summed E-state index contributed by atoms with van der Waals surface area (Å²) < 4.78 is 5.99. The van der Waals surface area contributed by atoms with E-state index in [-0.39, 0.29) is 17.9 Å². The molecule has 142 valence electrons. The molecule has 6 nitrogen and oxygen atoms in total. The first kappa shape index (κ1) is 18.9. The monoisotopic (exact) mass is 367 g/mol. The third-order valence-electron chi connectivity index (χ3n) is 4.66. The van der Waals surface area contributed by atoms with Crippen molar-refractivity contribution in [3.8, 4) is 5.88 Å². The Morgan fingerprint density at radius 1 is 1.15 bits per heavy atom. The summed E-state index contributed by atoms with van der Waals surface area (Å²) in [7, 11) is 0. The number of nitrogens with one attached hydrogen (secondary N) is 2. The highest BCUT2D eigenvalue weighted by molar-refractivity contribution is 5.97. The number of benzene rings is 1. The number of aromatic nitrogens is 1. The molecule has 27 heavy (non-hydrogen) atoms. The minimum absolute atomic E-state index is 0.207. The van der Waals surface area contributed by atoms with E-state index < -0.39 is 6.04 Å². The third kappa shape index (κ3) is 5.29. The molecule has 0 spiro atoms. The number of hydrogen-bond acceptors (Lipinski definition) is 4. The van der Waals surface area contributed by atoms with Crippen LogP contribution in [-0.4, -0.2) is 28.9 Å². The molecule has 1 aliphatic rings. The fourth-order valence-corrected chi connectivity index (χ4v) is 3.10. The molecule has 1 atom stereocenters. The largest absolute Gasteiger partial charge is 0.474 e. The zero-order valence-corrected chi connectivity index (χ0v) is 15.5. The van der Waals surface area contributed by atoms with Crippen LogP contribution in [-0.2, 0) is 11.3 Å². The van der Waals surface area contributed by atoms with Gasteiger partial charge in [-0.1, -0.05) is 24.3 Å². The minimum Gasteiger partial charge on any atom is -0.474 e. The molecule has 2 aromatic rings. The second-order valence-electron chi connectivity index (χ2n) is 6.77. The van der Waals surface area contributed by atoms with E-state index in [0.29, 0.717) is 18.0 Å². The summed E-state index contributed by atoms with van der Waals surface area (Å²) in [4.78, 5) is 28.8. The lowest BCUT2D eigenvalue weighted by Crippen LogP contribution is -2.44. The molecule has 1 aromatic carbocycles. The van der Waals surface area contributed by atoms with E-state index >= 15 is 0 Å². The Kier molecular flexibility index (Phi) is 6.41. The van der Waals surface area contributed by atoms with E-state index in [4.69, 9.17) is 4.74 Å². The number of rotatable bonds is 7. The van der Waals surface area contributed by atoms with E-state index in [9.17, 15) is 9.59 Å². The van der Waals surface area contributed by atoms with Gasteiger partial charge in [-0.15, -0.1) is 0 Å². The van der Waals surface area contributed by atoms with Crippen molar-refractivity contribution in [2.75, 3.05) is 0 Å². The van der Waals surface area contributed by atoms with Crippen LogP contribution >= 0.6 is 0 Å². The summed E-state index contributed by atoms with van der Waals surface area (Å²) >= 11 is 0. The standard InChI is InChI=1S/C21H25N3O3/c1-15(24-20(26)16-8-3-2-4-9-16)19(25)23-14-17-10-7-13-22-21(17)27-18-11-5-6-12-18/h2-4,7-10,13,15,18H,5-6,11-12,14H2,1H3,(H,23,25)(H,24,26)/t15-/m0/s1. The maximum absolute atomic E-state index is 12.4. The van der Waals surface area contributed by atoms with Crippen LogP contribution in [0, 0.1) is 0 Å². The normalized spacial score (nSPS) is 15.1. The molecule has 0 saturated heterocycles. The van der Waals surface area contributed by atoms with Crippen LogP contribution in [0.15, 0.2) is 48.7 Å². The average Bonchev–Trinajstić information content (AvgIpc) is 3.20. The smallest absolute Gasteiger partial charge is 0.251 e. The van der Waals surface area contributed by atoms with Crippen LogP contribution in [0.5, 0.6) is 5.88 Å². The van der Waals surface area contributed by atoms with Crippen LogP contribution in [0.4, 0.5) is 0 Å². The van der Waals surface area contributed by atoms with Gasteiger partial charge in [0, 0.05) is 23.9 Å². The van der Waals surface area contributed by atoms with E-state index in [2.05, 4.69) is 15.6 Å². The molecule has 3 rings (SSSR count). The molecule has 1 heterocycles. The lowest BCUT2D eigenvalue weighted by molar-refractivity contribution is -0.122. The lowest BCUT2D eigenvalue weighted by atomic mass is 10.2. The van der Waals surface area contributed by atoms with E-state index in [0.717, 1.165) is 18.4 Å². The molecule has 0 unspecified atom stereocenters. The van der Waals surface area contributed by atoms with Crippen molar-refractivity contribution in [2.45, 2.75) is 51.3 Å². The predicted octanol–water partition coefficient (Wildman–Crippen LogP) is 2.84. The molecular formula is C21H25N3O3. The Hall–Kier alpha value is -2.89. The molecule has 0 aliphatic heterocycles. The zero-order chi connectivity index (χ0) is 19.1. The Balaban J connectivity index is 1.53. The summed E-state index contributed by atoms with van der Waals surface area (Å²) in [6, 6.07) is 11.9. The molecular weight excluding hydrogens is 342 g/mol. The second-order valence-corrected chi connectivity index (χ2v) is 6.77. The first-order chi connectivity index (χ1) is 13.1. The third-order valence-corrected chi connectivity index (χ3v) is 4.66. The Morgan fingerprint density at radius 3 is 2.63 bits per heavy atom. The van der Waals surface area contributed by atoms with Gasteiger partial charge in [0.15, 0.2) is 0 Å². The van der Waals surface area contributed by atoms with Crippen molar-refractivity contribution >= 4 is 11.8 Å². The van der Waals surface area contributed by atoms with E-state index in [1.165, 1.54) is 12.8 Å². The summed E-state index contributed by atoms with van der Waals surface area (Å²) in [6.45, 7) is 1.97. The summed E-state index contributed by atoms with van der Waals surface area (Å²) in [6.07, 6.45) is 6.36. The molecule has 6 heteroatoms. The van der Waals surface area contributed by atoms with Gasteiger partial charge in [0.2, 0.25) is 11.8 Å². The molecule has 1 saturated carbocycles. The average molecular weight is 367 g/mol. The summed E-state index contributed by atoms with van der Waals surface area (Å²) in [5.41, 5.74) is 1.36. The van der Waals surface area contributed by atoms with Gasteiger partial charge in [0.25, 0.3) is 5.91 Å². The summed E-state index contributed by atoms with van der Waals surface area (Å²) in [5, 5.41) is 5.55. The maximum atomic E-state index is 12.4. The van der Waals surface area contributed by atoms with Gasteiger partial charge in [-0.05, 0) is 50.8 Å². The number of pyridine rings is 1. The van der Waals surface area contributed by atoms with Crippen molar-refractivity contribution in [3.63, 3.8) is 0 Å². The number of hydrogen-bond donors (Lipinski definition) is 2. The molecule has 0 radical (unpaired) electrons. The first-order valence-electron chi connectivity index (χ1n) is 9.37. The molecule has 1 fully saturated rings. The Bertz CT molecular complexity index is 773. The van der Waals surface area contributed by atoms with Gasteiger partial charge < -0.3 is 15.4 Å². The van der Waals surface area contributed by atoms with Crippen molar-refractivity contribution in [1.82, 2.24) is 15.6 Å². The van der Waals surface area contributed by atoms with Crippen LogP contribution in [0.3, 0.4) is 0 Å². The second kappa shape index (κ2) is 9.16. The van der Waals surface area contributed by atoms with E-state index in [1.807, 2.05) is 18.2 Å². The van der Waals surface area contributed by atoms with Crippen molar-refractivity contribution in [1.29, 1.82) is 0 Å². The quantitative estimate of drug-likeness (QED) is 0.789. The van der Waals surface area contributed by atoms with Gasteiger partial charge in [0.1, 0.15) is 12.1 Å². The topological polar surface area (TPSA) is 80.3 Å². The fourth-order valence-electron chi connectivity index (χ4n) is 3.10. The Morgan fingerprint density at radius 2 is 1.89 bits per heavy atom. The van der Waals surface area contributed by atoms with Gasteiger partial charge in [0.05, 0.1) is 0 Å². The van der Waals surface area contributed by atoms with E-state index in [1.54, 1.807) is 37.4 Å². The lowest BCUT2D eigenvalue weighted by Gasteiger charge is -2.17. The van der Waals surface area contributed by atoms with Gasteiger partial charge in [-0.3, -0.25) is 9.59 Å². The minimum atomic E-state index is -0.645. The van der Waals surface area contributed by atoms with Crippen LogP contribution in [0.2, 0.25) is 0 Å². The maximum Gasteiger partial charge on any atom is 0.251 e. The Labute approximate surface area is 159 Å².